The van der Waals surface area contributed by atoms with Gasteiger partial charge in [0.1, 0.15) is 4.90 Å². The van der Waals surface area contributed by atoms with Crippen molar-refractivity contribution in [1.82, 2.24) is 29.2 Å². The van der Waals surface area contributed by atoms with Crippen molar-refractivity contribution in [2.45, 2.75) is 49.2 Å². The molecule has 2 aliphatic heterocycles. The second-order valence-electron chi connectivity index (χ2n) is 9.79. The Morgan fingerprint density at radius 2 is 2.05 bits per heavy atom. The summed E-state index contributed by atoms with van der Waals surface area (Å²) in [5.41, 5.74) is 0.605. The van der Waals surface area contributed by atoms with Crippen molar-refractivity contribution < 1.29 is 26.7 Å². The summed E-state index contributed by atoms with van der Waals surface area (Å²) in [6.45, 7) is 4.22. The Hall–Kier alpha value is -2.75. The SMILES string of the molecule is CC1(NS(=O)(=O)c2cc(N3CCO[C@H](C(=O)N4CCC4)C3)c3cnc(-c4nnc(C(F)F)s4)n3c2)CC1. The number of anilines is 1. The number of imidazole rings is 1. The molecule has 0 bridgehead atoms. The van der Waals surface area contributed by atoms with E-state index < -0.39 is 33.1 Å². The Morgan fingerprint density at radius 1 is 1.27 bits per heavy atom. The van der Waals surface area contributed by atoms with Gasteiger partial charge in [-0.3, -0.25) is 9.20 Å². The predicted octanol–water partition coefficient (Wildman–Crippen LogP) is 2.06. The van der Waals surface area contributed by atoms with Gasteiger partial charge in [-0.25, -0.2) is 26.9 Å². The second-order valence-corrected chi connectivity index (χ2v) is 12.5. The number of hydrogen-bond acceptors (Lipinski definition) is 9. The first-order valence-electron chi connectivity index (χ1n) is 12.0. The van der Waals surface area contributed by atoms with Crippen LogP contribution in [0.5, 0.6) is 0 Å². The van der Waals surface area contributed by atoms with Crippen molar-refractivity contribution in [3.05, 3.63) is 23.5 Å². The molecule has 1 atom stereocenters. The van der Waals surface area contributed by atoms with Crippen molar-refractivity contribution in [3.63, 3.8) is 0 Å². The minimum Gasteiger partial charge on any atom is -0.365 e. The average molecular weight is 554 g/mol. The summed E-state index contributed by atoms with van der Waals surface area (Å²) in [5, 5.41) is 7.10. The highest BCUT2D eigenvalue weighted by Crippen LogP contribution is 2.38. The molecule has 1 amide bonds. The second kappa shape index (κ2) is 8.92. The van der Waals surface area contributed by atoms with Crippen molar-refractivity contribution in [1.29, 1.82) is 0 Å². The first-order chi connectivity index (χ1) is 17.6. The molecule has 0 radical (unpaired) electrons. The molecular formula is C22H25F2N7O4S2. The third-order valence-corrected chi connectivity index (χ3v) is 9.49. The number of sulfonamides is 1. The van der Waals surface area contributed by atoms with Crippen LogP contribution in [0, 0.1) is 0 Å². The molecule has 198 valence electrons. The molecule has 3 fully saturated rings. The molecule has 0 spiro atoms. The summed E-state index contributed by atoms with van der Waals surface area (Å²) in [6, 6.07) is 1.57. The number of hydrogen-bond donors (Lipinski definition) is 1. The molecule has 3 aromatic heterocycles. The zero-order chi connectivity index (χ0) is 25.9. The first kappa shape index (κ1) is 24.6. The van der Waals surface area contributed by atoms with Crippen LogP contribution in [0.25, 0.3) is 16.3 Å². The Bertz CT molecular complexity index is 1470. The fraction of sp³-hybridized carbons (Fsp3) is 0.545. The number of amides is 1. The minimum absolute atomic E-state index is 0.00177. The Morgan fingerprint density at radius 3 is 2.70 bits per heavy atom. The molecule has 5 heterocycles. The van der Waals surface area contributed by atoms with Gasteiger partial charge in [0.05, 0.1) is 30.6 Å². The van der Waals surface area contributed by atoms with E-state index in [9.17, 15) is 22.0 Å². The van der Waals surface area contributed by atoms with Gasteiger partial charge < -0.3 is 14.5 Å². The average Bonchev–Trinajstić information content (AvgIpc) is 3.22. The molecule has 3 aliphatic rings. The maximum Gasteiger partial charge on any atom is 0.291 e. The topological polar surface area (TPSA) is 122 Å². The molecule has 37 heavy (non-hydrogen) atoms. The highest BCUT2D eigenvalue weighted by molar-refractivity contribution is 7.89. The van der Waals surface area contributed by atoms with Crippen LogP contribution < -0.4 is 9.62 Å². The monoisotopic (exact) mass is 553 g/mol. The van der Waals surface area contributed by atoms with Gasteiger partial charge in [0.2, 0.25) is 10.0 Å². The third-order valence-electron chi connectivity index (χ3n) is 6.95. The number of morpholine rings is 1. The molecule has 11 nitrogen and oxygen atoms in total. The molecule has 3 aromatic rings. The zero-order valence-corrected chi connectivity index (χ0v) is 21.6. The van der Waals surface area contributed by atoms with Crippen LogP contribution in [-0.2, 0) is 19.6 Å². The van der Waals surface area contributed by atoms with E-state index in [1.165, 1.54) is 10.6 Å². The zero-order valence-electron chi connectivity index (χ0n) is 19.9. The molecular weight excluding hydrogens is 528 g/mol. The Labute approximate surface area is 215 Å². The normalized spacial score (nSPS) is 21.5. The maximum absolute atomic E-state index is 13.4. The van der Waals surface area contributed by atoms with E-state index in [-0.39, 0.29) is 28.2 Å². The number of nitrogens with one attached hydrogen (secondary N) is 1. The Balaban J connectivity index is 1.43. The fourth-order valence-corrected chi connectivity index (χ4v) is 6.63. The quantitative estimate of drug-likeness (QED) is 0.472. The van der Waals surface area contributed by atoms with Gasteiger partial charge in [-0.2, -0.15) is 0 Å². The summed E-state index contributed by atoms with van der Waals surface area (Å²) in [5.74, 6) is 0.124. The summed E-state index contributed by atoms with van der Waals surface area (Å²) in [7, 11) is -3.92. The van der Waals surface area contributed by atoms with Crippen LogP contribution in [0.1, 0.15) is 37.6 Å². The molecule has 2 saturated heterocycles. The van der Waals surface area contributed by atoms with E-state index in [2.05, 4.69) is 19.9 Å². The van der Waals surface area contributed by atoms with E-state index in [4.69, 9.17) is 4.74 Å². The van der Waals surface area contributed by atoms with Crippen LogP contribution in [0.15, 0.2) is 23.4 Å². The van der Waals surface area contributed by atoms with E-state index in [0.717, 1.165) is 19.3 Å². The highest BCUT2D eigenvalue weighted by Gasteiger charge is 2.42. The number of pyridine rings is 1. The van der Waals surface area contributed by atoms with Gasteiger partial charge in [-0.05, 0) is 32.3 Å². The van der Waals surface area contributed by atoms with Crippen LogP contribution in [-0.4, -0.2) is 83.2 Å². The lowest BCUT2D eigenvalue weighted by molar-refractivity contribution is -0.147. The van der Waals surface area contributed by atoms with Crippen molar-refractivity contribution in [3.8, 4) is 10.8 Å². The number of fused-ring (bicyclic) bond motifs is 1. The van der Waals surface area contributed by atoms with Crippen LogP contribution >= 0.6 is 11.3 Å². The molecule has 1 N–H and O–H groups in total. The smallest absolute Gasteiger partial charge is 0.291 e. The molecule has 1 saturated carbocycles. The van der Waals surface area contributed by atoms with Gasteiger partial charge in [0.25, 0.3) is 12.3 Å². The Kier molecular flexibility index (Phi) is 5.93. The lowest BCUT2D eigenvalue weighted by Gasteiger charge is -2.39. The van der Waals surface area contributed by atoms with Crippen molar-refractivity contribution in [2.24, 2.45) is 0 Å². The molecule has 15 heteroatoms. The summed E-state index contributed by atoms with van der Waals surface area (Å²) >= 11 is 0.700. The van der Waals surface area contributed by atoms with Gasteiger partial charge in [-0.1, -0.05) is 11.3 Å². The summed E-state index contributed by atoms with van der Waals surface area (Å²) in [6.07, 6.45) is 1.96. The maximum atomic E-state index is 13.4. The number of aromatic nitrogens is 4. The number of alkyl halides is 2. The fourth-order valence-electron chi connectivity index (χ4n) is 4.46. The summed E-state index contributed by atoms with van der Waals surface area (Å²) < 4.78 is 63.1. The largest absolute Gasteiger partial charge is 0.365 e. The number of likely N-dealkylation sites (tertiary alicyclic amines) is 1. The molecule has 0 unspecified atom stereocenters. The van der Waals surface area contributed by atoms with E-state index in [1.807, 2.05) is 11.8 Å². The van der Waals surface area contributed by atoms with Crippen molar-refractivity contribution in [2.75, 3.05) is 37.7 Å². The number of nitrogens with zero attached hydrogens (tertiary/aromatic N) is 6. The van der Waals surface area contributed by atoms with Crippen LogP contribution in [0.3, 0.4) is 0 Å². The lowest BCUT2D eigenvalue weighted by atomic mass is 10.1. The number of ether oxygens (including phenoxy) is 1. The van der Waals surface area contributed by atoms with Gasteiger partial charge in [0, 0.05) is 31.4 Å². The predicted molar refractivity (Wildman–Crippen MR) is 130 cm³/mol. The van der Waals surface area contributed by atoms with Gasteiger partial charge >= 0.3 is 0 Å². The molecule has 6 rings (SSSR count). The highest BCUT2D eigenvalue weighted by atomic mass is 32.2. The first-order valence-corrected chi connectivity index (χ1v) is 14.3. The van der Waals surface area contributed by atoms with E-state index in [0.29, 0.717) is 48.8 Å². The van der Waals surface area contributed by atoms with Gasteiger partial charge in [-0.15, -0.1) is 10.2 Å². The molecule has 0 aromatic carbocycles. The number of carbonyl (C=O) groups is 1. The summed E-state index contributed by atoms with van der Waals surface area (Å²) in [4.78, 5) is 20.9. The van der Waals surface area contributed by atoms with Crippen LogP contribution in [0.2, 0.25) is 0 Å². The standard InChI is InChI=1S/C22H25F2N7O4S2/c1-22(3-4-22)28-37(33,34)13-9-14(30-7-8-35-16(12-30)21(32)29-5-2-6-29)15-10-25-18(31(15)11-13)20-27-26-19(36-20)17(23)24/h9-11,16-17,28H,2-8,12H2,1H3/t16-/m0/s1. The molecule has 1 aliphatic carbocycles. The third kappa shape index (κ3) is 4.57. The van der Waals surface area contributed by atoms with Gasteiger partial charge in [0.15, 0.2) is 21.9 Å². The van der Waals surface area contributed by atoms with Crippen LogP contribution in [0.4, 0.5) is 14.5 Å². The number of halogens is 2. The minimum atomic E-state index is -3.92. The number of rotatable bonds is 7. The lowest BCUT2D eigenvalue weighted by Crippen LogP contribution is -2.54. The van der Waals surface area contributed by atoms with Crippen molar-refractivity contribution >= 4 is 38.5 Å². The number of carbonyl (C=O) groups excluding carboxylic acids is 1. The van der Waals surface area contributed by atoms with E-state index >= 15 is 0 Å². The van der Waals surface area contributed by atoms with E-state index in [1.54, 1.807) is 17.2 Å².